The van der Waals surface area contributed by atoms with Gasteiger partial charge in [-0.05, 0) is 29.3 Å². The molecule has 5 heteroatoms. The molecule has 0 unspecified atom stereocenters. The molecule has 0 aliphatic carbocycles. The number of rotatable bonds is 4. The molecule has 1 N–H and O–H groups in total. The molecule has 0 bridgehead atoms. The topological polar surface area (TPSA) is 47.6 Å². The summed E-state index contributed by atoms with van der Waals surface area (Å²) in [6, 6.07) is 12.3. The summed E-state index contributed by atoms with van der Waals surface area (Å²) in [5.74, 6) is -0.759. The van der Waals surface area contributed by atoms with Gasteiger partial charge >= 0.3 is 0 Å². The maximum absolute atomic E-state index is 13.6. The summed E-state index contributed by atoms with van der Waals surface area (Å²) in [5, 5.41) is 2.79. The van der Waals surface area contributed by atoms with Crippen LogP contribution in [0.4, 0.5) is 4.39 Å². The van der Waals surface area contributed by atoms with E-state index >= 15 is 0 Å². The normalized spacial score (nSPS) is 16.5. The van der Waals surface area contributed by atoms with Gasteiger partial charge in [-0.1, -0.05) is 24.3 Å². The first kappa shape index (κ1) is 15.5. The fraction of sp³-hybridized carbons (Fsp3) is 0.278. The van der Waals surface area contributed by atoms with Crippen LogP contribution in [0, 0.1) is 5.82 Å². The molecule has 0 fully saturated rings. The van der Waals surface area contributed by atoms with Crippen molar-refractivity contribution in [2.45, 2.75) is 19.1 Å². The van der Waals surface area contributed by atoms with Crippen molar-refractivity contribution in [3.05, 3.63) is 65.0 Å². The molecule has 2 aromatic rings. The van der Waals surface area contributed by atoms with Crippen LogP contribution >= 0.6 is 0 Å². The molecule has 120 valence electrons. The quantitative estimate of drug-likeness (QED) is 0.944. The van der Waals surface area contributed by atoms with Gasteiger partial charge in [0.15, 0.2) is 11.6 Å². The third-order valence-corrected chi connectivity index (χ3v) is 3.94. The van der Waals surface area contributed by atoms with Crippen molar-refractivity contribution in [1.82, 2.24) is 5.32 Å². The Morgan fingerprint density at radius 1 is 1.30 bits per heavy atom. The maximum Gasteiger partial charge on any atom is 0.251 e. The minimum Gasteiger partial charge on any atom is -0.494 e. The lowest BCUT2D eigenvalue weighted by Crippen LogP contribution is -2.36. The second-order valence-electron chi connectivity index (χ2n) is 5.47. The van der Waals surface area contributed by atoms with E-state index in [9.17, 15) is 9.18 Å². The van der Waals surface area contributed by atoms with Crippen molar-refractivity contribution in [2.24, 2.45) is 0 Å². The lowest BCUT2D eigenvalue weighted by Gasteiger charge is -2.25. The molecule has 1 aliphatic rings. The van der Waals surface area contributed by atoms with Gasteiger partial charge in [0.1, 0.15) is 0 Å². The predicted molar refractivity (Wildman–Crippen MR) is 84.0 cm³/mol. The second-order valence-corrected chi connectivity index (χ2v) is 5.47. The number of methoxy groups -OCH3 is 1. The molecule has 0 aromatic heterocycles. The van der Waals surface area contributed by atoms with Crippen LogP contribution in [0.3, 0.4) is 0 Å². The van der Waals surface area contributed by atoms with Gasteiger partial charge in [0.05, 0.1) is 19.8 Å². The fourth-order valence-electron chi connectivity index (χ4n) is 2.66. The number of benzene rings is 2. The number of ether oxygens (including phenoxy) is 2. The predicted octanol–water partition coefficient (Wildman–Crippen LogP) is 2.71. The molecule has 1 amide bonds. The Kier molecular flexibility index (Phi) is 4.57. The third-order valence-electron chi connectivity index (χ3n) is 3.94. The first-order valence-corrected chi connectivity index (χ1v) is 7.47. The lowest BCUT2D eigenvalue weighted by molar-refractivity contribution is 0.0285. The van der Waals surface area contributed by atoms with E-state index in [0.29, 0.717) is 13.2 Å². The summed E-state index contributed by atoms with van der Waals surface area (Å²) in [5.41, 5.74) is 2.69. The number of fused-ring (bicyclic) bond motifs is 1. The molecule has 3 rings (SSSR count). The van der Waals surface area contributed by atoms with Gasteiger partial charge in [-0.15, -0.1) is 0 Å². The number of halogens is 1. The zero-order chi connectivity index (χ0) is 16.2. The highest BCUT2D eigenvalue weighted by atomic mass is 19.1. The van der Waals surface area contributed by atoms with Crippen molar-refractivity contribution < 1.29 is 18.7 Å². The molecule has 0 radical (unpaired) electrons. The van der Waals surface area contributed by atoms with Crippen molar-refractivity contribution in [1.29, 1.82) is 0 Å². The number of hydrogen-bond donors (Lipinski definition) is 1. The summed E-state index contributed by atoms with van der Waals surface area (Å²) < 4.78 is 24.2. The molecule has 1 atom stereocenters. The first-order valence-electron chi connectivity index (χ1n) is 7.47. The number of amides is 1. The zero-order valence-electron chi connectivity index (χ0n) is 12.8. The van der Waals surface area contributed by atoms with Gasteiger partial charge in [0, 0.05) is 18.5 Å². The molecular weight excluding hydrogens is 297 g/mol. The van der Waals surface area contributed by atoms with E-state index in [1.54, 1.807) is 0 Å². The van der Waals surface area contributed by atoms with E-state index in [1.807, 2.05) is 18.2 Å². The van der Waals surface area contributed by atoms with Crippen LogP contribution in [-0.4, -0.2) is 25.7 Å². The largest absolute Gasteiger partial charge is 0.494 e. The van der Waals surface area contributed by atoms with Crippen molar-refractivity contribution in [3.63, 3.8) is 0 Å². The average molecular weight is 315 g/mol. The molecule has 1 heterocycles. The zero-order valence-corrected chi connectivity index (χ0v) is 12.8. The first-order chi connectivity index (χ1) is 11.2. The Bertz CT molecular complexity index is 717. The van der Waals surface area contributed by atoms with Crippen molar-refractivity contribution in [2.75, 3.05) is 13.7 Å². The van der Waals surface area contributed by atoms with Gasteiger partial charge in [-0.25, -0.2) is 4.39 Å². The van der Waals surface area contributed by atoms with Crippen LogP contribution in [0.15, 0.2) is 42.5 Å². The highest BCUT2D eigenvalue weighted by molar-refractivity contribution is 5.94. The molecule has 0 saturated heterocycles. The lowest BCUT2D eigenvalue weighted by atomic mass is 9.99. The molecule has 23 heavy (non-hydrogen) atoms. The van der Waals surface area contributed by atoms with Gasteiger partial charge in [0.2, 0.25) is 0 Å². The van der Waals surface area contributed by atoms with E-state index < -0.39 is 5.82 Å². The van der Waals surface area contributed by atoms with E-state index in [4.69, 9.17) is 9.47 Å². The number of carbonyl (C=O) groups excluding carboxylic acids is 1. The molecule has 0 saturated carbocycles. The summed E-state index contributed by atoms with van der Waals surface area (Å²) in [4.78, 5) is 12.1. The van der Waals surface area contributed by atoms with Crippen LogP contribution < -0.4 is 10.1 Å². The molecule has 4 nitrogen and oxygen atoms in total. The number of carbonyl (C=O) groups is 1. The number of hydrogen-bond acceptors (Lipinski definition) is 3. The monoisotopic (exact) mass is 315 g/mol. The summed E-state index contributed by atoms with van der Waals surface area (Å²) in [6.45, 7) is 0.939. The Balaban J connectivity index is 1.58. The smallest absolute Gasteiger partial charge is 0.251 e. The highest BCUT2D eigenvalue weighted by Gasteiger charge is 2.19. The fourth-order valence-corrected chi connectivity index (χ4v) is 2.66. The molecular formula is C18H18FNO3. The van der Waals surface area contributed by atoms with Crippen LogP contribution in [0.2, 0.25) is 0 Å². The van der Waals surface area contributed by atoms with Crippen LogP contribution in [-0.2, 0) is 17.8 Å². The SMILES string of the molecule is COc1ccc(C(=O)NC[C@@H]2Cc3ccccc3CO2)cc1F. The summed E-state index contributed by atoms with van der Waals surface area (Å²) in [6.07, 6.45) is 0.685. The van der Waals surface area contributed by atoms with Crippen molar-refractivity contribution in [3.8, 4) is 5.75 Å². The molecule has 2 aromatic carbocycles. The van der Waals surface area contributed by atoms with E-state index in [1.165, 1.54) is 36.4 Å². The van der Waals surface area contributed by atoms with E-state index in [0.717, 1.165) is 6.42 Å². The van der Waals surface area contributed by atoms with Crippen LogP contribution in [0.25, 0.3) is 0 Å². The minimum atomic E-state index is -0.553. The Morgan fingerprint density at radius 3 is 2.83 bits per heavy atom. The minimum absolute atomic E-state index is 0.0723. The third kappa shape index (κ3) is 3.51. The van der Waals surface area contributed by atoms with Crippen LogP contribution in [0.1, 0.15) is 21.5 Å². The van der Waals surface area contributed by atoms with E-state index in [-0.39, 0.29) is 23.3 Å². The Morgan fingerprint density at radius 2 is 2.09 bits per heavy atom. The van der Waals surface area contributed by atoms with Gasteiger partial charge in [-0.3, -0.25) is 4.79 Å². The Labute approximate surface area is 134 Å². The van der Waals surface area contributed by atoms with Gasteiger partial charge < -0.3 is 14.8 Å². The maximum atomic E-state index is 13.6. The standard InChI is InChI=1S/C18H18FNO3/c1-22-17-7-6-13(9-16(17)19)18(21)20-10-15-8-12-4-2-3-5-14(12)11-23-15/h2-7,9,15H,8,10-11H2,1H3,(H,20,21)/t15-/m0/s1. The van der Waals surface area contributed by atoms with Gasteiger partial charge in [-0.2, -0.15) is 0 Å². The van der Waals surface area contributed by atoms with Crippen LogP contribution in [0.5, 0.6) is 5.75 Å². The second kappa shape index (κ2) is 6.79. The molecule has 0 spiro atoms. The highest BCUT2D eigenvalue weighted by Crippen LogP contribution is 2.20. The average Bonchev–Trinajstić information content (AvgIpc) is 2.59. The Hall–Kier alpha value is -2.40. The van der Waals surface area contributed by atoms with E-state index in [2.05, 4.69) is 11.4 Å². The summed E-state index contributed by atoms with van der Waals surface area (Å²) >= 11 is 0. The van der Waals surface area contributed by atoms with Gasteiger partial charge in [0.25, 0.3) is 5.91 Å². The summed E-state index contributed by atoms with van der Waals surface area (Å²) in [7, 11) is 1.39. The number of nitrogens with one attached hydrogen (secondary N) is 1. The molecule has 1 aliphatic heterocycles. The van der Waals surface area contributed by atoms with Crippen molar-refractivity contribution >= 4 is 5.91 Å².